The maximum atomic E-state index is 12.9. The molecular weight excluding hydrogens is 284 g/mol. The Kier molecular flexibility index (Phi) is 4.08. The lowest BCUT2D eigenvalue weighted by Gasteiger charge is -2.35. The number of piperazine rings is 1. The number of nitrogens with one attached hydrogen (secondary N) is 1. The van der Waals surface area contributed by atoms with Gasteiger partial charge in [0.15, 0.2) is 0 Å². The zero-order chi connectivity index (χ0) is 15.0. The second kappa shape index (κ2) is 5.71. The van der Waals surface area contributed by atoms with Crippen LogP contribution in [-0.4, -0.2) is 37.9 Å². The van der Waals surface area contributed by atoms with Crippen molar-refractivity contribution in [2.24, 2.45) is 0 Å². The van der Waals surface area contributed by atoms with E-state index in [1.165, 1.54) is 17.5 Å². The molecule has 0 spiro atoms. The molecule has 1 aromatic rings. The van der Waals surface area contributed by atoms with Crippen molar-refractivity contribution in [1.82, 2.24) is 9.62 Å². The summed E-state index contributed by atoms with van der Waals surface area (Å²) in [6.45, 7) is 5.16. The summed E-state index contributed by atoms with van der Waals surface area (Å²) in [5.41, 5.74) is 2.54. The maximum Gasteiger partial charge on any atom is 0.243 e. The molecule has 1 fully saturated rings. The first-order valence-electron chi connectivity index (χ1n) is 7.85. The van der Waals surface area contributed by atoms with Crippen LogP contribution in [-0.2, 0) is 22.9 Å². The van der Waals surface area contributed by atoms with Gasteiger partial charge in [-0.15, -0.1) is 0 Å². The van der Waals surface area contributed by atoms with E-state index in [0.29, 0.717) is 18.0 Å². The van der Waals surface area contributed by atoms with Gasteiger partial charge in [-0.2, -0.15) is 4.31 Å². The maximum absolute atomic E-state index is 12.9. The zero-order valence-corrected chi connectivity index (χ0v) is 13.6. The largest absolute Gasteiger partial charge is 0.309 e. The fourth-order valence-electron chi connectivity index (χ4n) is 3.49. The minimum atomic E-state index is -3.37. The van der Waals surface area contributed by atoms with Crippen molar-refractivity contribution >= 4 is 10.0 Å². The van der Waals surface area contributed by atoms with Crippen molar-refractivity contribution in [2.75, 3.05) is 13.1 Å². The van der Waals surface area contributed by atoms with Crippen LogP contribution in [0.25, 0.3) is 0 Å². The van der Waals surface area contributed by atoms with E-state index in [9.17, 15) is 8.42 Å². The van der Waals surface area contributed by atoms with Crippen molar-refractivity contribution in [1.29, 1.82) is 0 Å². The predicted molar refractivity (Wildman–Crippen MR) is 83.9 cm³/mol. The minimum absolute atomic E-state index is 0.196. The Morgan fingerprint density at radius 2 is 1.67 bits per heavy atom. The molecule has 2 aliphatic rings. The molecule has 1 aromatic carbocycles. The first kappa shape index (κ1) is 15.0. The molecule has 5 heteroatoms. The van der Waals surface area contributed by atoms with Crippen LogP contribution in [0.1, 0.15) is 37.8 Å². The quantitative estimate of drug-likeness (QED) is 0.908. The van der Waals surface area contributed by atoms with Gasteiger partial charge in [-0.05, 0) is 62.8 Å². The number of nitrogens with zero attached hydrogens (tertiary/aromatic N) is 1. The van der Waals surface area contributed by atoms with Crippen molar-refractivity contribution < 1.29 is 8.42 Å². The molecular formula is C16H24N2O2S. The number of rotatable bonds is 2. The zero-order valence-electron chi connectivity index (χ0n) is 12.8. The van der Waals surface area contributed by atoms with Gasteiger partial charge in [0.25, 0.3) is 0 Å². The molecule has 2 unspecified atom stereocenters. The fourth-order valence-corrected chi connectivity index (χ4v) is 5.16. The summed E-state index contributed by atoms with van der Waals surface area (Å²) in [7, 11) is -3.37. The third kappa shape index (κ3) is 3.00. The third-order valence-electron chi connectivity index (χ3n) is 4.48. The molecule has 4 nitrogen and oxygen atoms in total. The van der Waals surface area contributed by atoms with E-state index in [4.69, 9.17) is 0 Å². The van der Waals surface area contributed by atoms with E-state index in [2.05, 4.69) is 5.32 Å². The second-order valence-corrected chi connectivity index (χ2v) is 8.37. The van der Waals surface area contributed by atoms with Crippen LogP contribution in [0.15, 0.2) is 23.1 Å². The molecule has 116 valence electrons. The van der Waals surface area contributed by atoms with Crippen LogP contribution in [0.2, 0.25) is 0 Å². The number of sulfonamides is 1. The molecule has 1 aliphatic heterocycles. The molecule has 0 bridgehead atoms. The van der Waals surface area contributed by atoms with Gasteiger partial charge >= 0.3 is 0 Å². The SMILES string of the molecule is CC1CN(S(=O)(=O)c2ccc3c(c2)CCCC3)CC(C)N1. The van der Waals surface area contributed by atoms with E-state index in [1.54, 1.807) is 10.4 Å². The lowest BCUT2D eigenvalue weighted by molar-refractivity contribution is 0.263. The smallest absolute Gasteiger partial charge is 0.243 e. The summed E-state index contributed by atoms with van der Waals surface area (Å²) >= 11 is 0. The van der Waals surface area contributed by atoms with Crippen molar-refractivity contribution in [2.45, 2.75) is 56.5 Å². The number of hydrogen-bond donors (Lipinski definition) is 1. The van der Waals surface area contributed by atoms with E-state index in [-0.39, 0.29) is 12.1 Å². The monoisotopic (exact) mass is 308 g/mol. The third-order valence-corrected chi connectivity index (χ3v) is 6.31. The first-order chi connectivity index (χ1) is 9.96. The van der Waals surface area contributed by atoms with Crippen molar-refractivity contribution in [3.05, 3.63) is 29.3 Å². The fraction of sp³-hybridized carbons (Fsp3) is 0.625. The molecule has 3 rings (SSSR count). The summed E-state index contributed by atoms with van der Waals surface area (Å²) in [4.78, 5) is 0.462. The molecule has 1 saturated heterocycles. The second-order valence-electron chi connectivity index (χ2n) is 6.43. The van der Waals surface area contributed by atoms with Crippen LogP contribution in [0.3, 0.4) is 0 Å². The number of aryl methyl sites for hydroxylation is 2. The van der Waals surface area contributed by atoms with E-state index >= 15 is 0 Å². The molecule has 0 radical (unpaired) electrons. The lowest BCUT2D eigenvalue weighted by atomic mass is 9.92. The Bertz CT molecular complexity index is 617. The number of fused-ring (bicyclic) bond motifs is 1. The predicted octanol–water partition coefficient (Wildman–Crippen LogP) is 1.94. The normalized spacial score (nSPS) is 27.3. The average Bonchev–Trinajstić information content (AvgIpc) is 2.45. The molecule has 0 amide bonds. The summed E-state index contributed by atoms with van der Waals surface area (Å²) in [6, 6.07) is 6.09. The highest BCUT2D eigenvalue weighted by atomic mass is 32.2. The Morgan fingerprint density at radius 1 is 1.05 bits per heavy atom. The highest BCUT2D eigenvalue weighted by Gasteiger charge is 2.31. The topological polar surface area (TPSA) is 49.4 Å². The average molecular weight is 308 g/mol. The van der Waals surface area contributed by atoms with Gasteiger partial charge in [-0.1, -0.05) is 6.07 Å². The molecule has 21 heavy (non-hydrogen) atoms. The Labute approximate surface area is 127 Å². The van der Waals surface area contributed by atoms with Crippen molar-refractivity contribution in [3.63, 3.8) is 0 Å². The summed E-state index contributed by atoms with van der Waals surface area (Å²) in [5.74, 6) is 0. The molecule has 1 N–H and O–H groups in total. The standard InChI is InChI=1S/C16H24N2O2S/c1-12-10-18(11-13(2)17-12)21(19,20)16-8-7-14-5-3-4-6-15(14)9-16/h7-9,12-13,17H,3-6,10-11H2,1-2H3. The minimum Gasteiger partial charge on any atom is -0.309 e. The van der Waals surface area contributed by atoms with Gasteiger partial charge in [0, 0.05) is 25.2 Å². The highest BCUT2D eigenvalue weighted by Crippen LogP contribution is 2.26. The summed E-state index contributed by atoms with van der Waals surface area (Å²) in [6.07, 6.45) is 4.47. The molecule has 1 heterocycles. The first-order valence-corrected chi connectivity index (χ1v) is 9.29. The molecule has 0 saturated carbocycles. The molecule has 0 aromatic heterocycles. The van der Waals surface area contributed by atoms with E-state index in [1.807, 2.05) is 26.0 Å². The van der Waals surface area contributed by atoms with E-state index in [0.717, 1.165) is 19.3 Å². The highest BCUT2D eigenvalue weighted by molar-refractivity contribution is 7.89. The van der Waals surface area contributed by atoms with Crippen molar-refractivity contribution in [3.8, 4) is 0 Å². The van der Waals surface area contributed by atoms with Crippen LogP contribution in [0.5, 0.6) is 0 Å². The molecule has 1 aliphatic carbocycles. The Balaban J connectivity index is 1.91. The number of benzene rings is 1. The molecule has 2 atom stereocenters. The van der Waals surface area contributed by atoms with Crippen LogP contribution < -0.4 is 5.32 Å². The van der Waals surface area contributed by atoms with Gasteiger partial charge < -0.3 is 5.32 Å². The summed E-state index contributed by atoms with van der Waals surface area (Å²) < 4.78 is 27.4. The van der Waals surface area contributed by atoms with Gasteiger partial charge in [0.05, 0.1) is 4.90 Å². The Morgan fingerprint density at radius 3 is 2.33 bits per heavy atom. The lowest BCUT2D eigenvalue weighted by Crippen LogP contribution is -2.55. The van der Waals surface area contributed by atoms with Gasteiger partial charge in [0.1, 0.15) is 0 Å². The van der Waals surface area contributed by atoms with Gasteiger partial charge in [-0.3, -0.25) is 0 Å². The summed E-state index contributed by atoms with van der Waals surface area (Å²) in [5, 5.41) is 3.38. The van der Waals surface area contributed by atoms with Crippen LogP contribution >= 0.6 is 0 Å². The van der Waals surface area contributed by atoms with E-state index < -0.39 is 10.0 Å². The van der Waals surface area contributed by atoms with Gasteiger partial charge in [-0.25, -0.2) is 8.42 Å². The van der Waals surface area contributed by atoms with Crippen LogP contribution in [0, 0.1) is 0 Å². The number of hydrogen-bond acceptors (Lipinski definition) is 3. The Hall–Kier alpha value is -0.910. The van der Waals surface area contributed by atoms with Crippen LogP contribution in [0.4, 0.5) is 0 Å². The van der Waals surface area contributed by atoms with Gasteiger partial charge in [0.2, 0.25) is 10.0 Å².